The molecule has 2 aromatic rings. The quantitative estimate of drug-likeness (QED) is 0.822. The fourth-order valence-electron chi connectivity index (χ4n) is 2.06. The molecule has 0 spiro atoms. The summed E-state index contributed by atoms with van der Waals surface area (Å²) in [5, 5.41) is 10.2. The Kier molecular flexibility index (Phi) is 5.27. The summed E-state index contributed by atoms with van der Waals surface area (Å²) in [6.07, 6.45) is 0. The van der Waals surface area contributed by atoms with Gasteiger partial charge in [0.25, 0.3) is 0 Å². The fraction of sp³-hybridized carbons (Fsp3) is 0.400. The van der Waals surface area contributed by atoms with E-state index in [4.69, 9.17) is 9.84 Å². The topological polar surface area (TPSA) is 45.6 Å². The third kappa shape index (κ3) is 3.99. The number of pyridine rings is 1. The first-order chi connectivity index (χ1) is 9.33. The zero-order valence-corrected chi connectivity index (χ0v) is 11.2. The van der Waals surface area contributed by atoms with Crippen molar-refractivity contribution in [2.24, 2.45) is 0 Å². The second-order valence-electron chi connectivity index (χ2n) is 4.49. The highest BCUT2D eigenvalue weighted by Gasteiger charge is 2.06. The monoisotopic (exact) mass is 260 g/mol. The Hall–Kier alpha value is -1.49. The summed E-state index contributed by atoms with van der Waals surface area (Å²) in [6.45, 7) is 2.98. The van der Waals surface area contributed by atoms with Crippen molar-refractivity contribution in [2.75, 3.05) is 33.4 Å². The van der Waals surface area contributed by atoms with Gasteiger partial charge in [0.05, 0.1) is 24.4 Å². The first-order valence-corrected chi connectivity index (χ1v) is 6.50. The van der Waals surface area contributed by atoms with Crippen molar-refractivity contribution < 1.29 is 9.84 Å². The van der Waals surface area contributed by atoms with E-state index in [0.717, 1.165) is 29.7 Å². The Morgan fingerprint density at radius 3 is 2.79 bits per heavy atom. The molecule has 0 bridgehead atoms. The minimum atomic E-state index is 0.150. The molecular formula is C15H20N2O2. The molecule has 0 aliphatic heterocycles. The van der Waals surface area contributed by atoms with Crippen molar-refractivity contribution in [1.82, 2.24) is 9.88 Å². The first-order valence-electron chi connectivity index (χ1n) is 6.50. The minimum absolute atomic E-state index is 0.150. The number of aliphatic hydroxyl groups is 1. The van der Waals surface area contributed by atoms with Gasteiger partial charge in [-0.15, -0.1) is 0 Å². The lowest BCUT2D eigenvalue weighted by molar-refractivity contribution is 0.126. The minimum Gasteiger partial charge on any atom is -0.395 e. The second kappa shape index (κ2) is 7.19. The van der Waals surface area contributed by atoms with Crippen LogP contribution in [0.3, 0.4) is 0 Å². The SMILES string of the molecule is COCCN(CCO)Cc1ccc2ccccc2n1. The van der Waals surface area contributed by atoms with Gasteiger partial charge in [0, 0.05) is 32.1 Å². The fourth-order valence-corrected chi connectivity index (χ4v) is 2.06. The summed E-state index contributed by atoms with van der Waals surface area (Å²) in [5.74, 6) is 0. The molecule has 0 amide bonds. The van der Waals surface area contributed by atoms with Gasteiger partial charge < -0.3 is 9.84 Å². The number of aliphatic hydroxyl groups excluding tert-OH is 1. The first kappa shape index (κ1) is 13.9. The lowest BCUT2D eigenvalue weighted by Crippen LogP contribution is -2.30. The Balaban J connectivity index is 2.09. The van der Waals surface area contributed by atoms with Crippen molar-refractivity contribution in [3.63, 3.8) is 0 Å². The van der Waals surface area contributed by atoms with E-state index in [-0.39, 0.29) is 6.61 Å². The second-order valence-corrected chi connectivity index (χ2v) is 4.49. The molecule has 0 aliphatic rings. The molecule has 0 fully saturated rings. The molecule has 0 radical (unpaired) electrons. The molecule has 102 valence electrons. The van der Waals surface area contributed by atoms with Crippen molar-refractivity contribution in [3.05, 3.63) is 42.1 Å². The molecule has 4 nitrogen and oxygen atoms in total. The molecule has 1 N–H and O–H groups in total. The molecule has 0 saturated heterocycles. The van der Waals surface area contributed by atoms with Crippen LogP contribution in [0.25, 0.3) is 10.9 Å². The van der Waals surface area contributed by atoms with Gasteiger partial charge in [-0.25, -0.2) is 0 Å². The summed E-state index contributed by atoms with van der Waals surface area (Å²) in [7, 11) is 1.69. The number of hydrogen-bond donors (Lipinski definition) is 1. The molecule has 0 atom stereocenters. The number of fused-ring (bicyclic) bond motifs is 1. The largest absolute Gasteiger partial charge is 0.395 e. The molecule has 19 heavy (non-hydrogen) atoms. The van der Waals surface area contributed by atoms with E-state index in [1.807, 2.05) is 24.3 Å². The zero-order chi connectivity index (χ0) is 13.5. The highest BCUT2D eigenvalue weighted by Crippen LogP contribution is 2.12. The van der Waals surface area contributed by atoms with Gasteiger partial charge in [-0.1, -0.05) is 24.3 Å². The molecule has 0 saturated carbocycles. The van der Waals surface area contributed by atoms with Crippen LogP contribution < -0.4 is 0 Å². The summed E-state index contributed by atoms with van der Waals surface area (Å²) in [5.41, 5.74) is 2.03. The molecule has 4 heteroatoms. The van der Waals surface area contributed by atoms with Crippen LogP contribution in [0.15, 0.2) is 36.4 Å². The highest BCUT2D eigenvalue weighted by atomic mass is 16.5. The Morgan fingerprint density at radius 2 is 2.00 bits per heavy atom. The number of hydrogen-bond acceptors (Lipinski definition) is 4. The van der Waals surface area contributed by atoms with Crippen LogP contribution in [0.5, 0.6) is 0 Å². The maximum Gasteiger partial charge on any atom is 0.0705 e. The lowest BCUT2D eigenvalue weighted by Gasteiger charge is -2.20. The Morgan fingerprint density at radius 1 is 1.16 bits per heavy atom. The standard InChI is InChI=1S/C15H20N2O2/c1-19-11-9-17(8-10-18)12-14-7-6-13-4-2-3-5-15(13)16-14/h2-7,18H,8-12H2,1H3. The van der Waals surface area contributed by atoms with Crippen LogP contribution in [0.4, 0.5) is 0 Å². The van der Waals surface area contributed by atoms with Crippen LogP contribution in [-0.4, -0.2) is 48.4 Å². The molecule has 0 unspecified atom stereocenters. The van der Waals surface area contributed by atoms with Gasteiger partial charge >= 0.3 is 0 Å². The smallest absolute Gasteiger partial charge is 0.0705 e. The van der Waals surface area contributed by atoms with Gasteiger partial charge in [-0.3, -0.25) is 9.88 Å². The van der Waals surface area contributed by atoms with Crippen LogP contribution in [-0.2, 0) is 11.3 Å². The predicted octanol–water partition coefficient (Wildman–Crippen LogP) is 1.68. The average Bonchev–Trinajstić information content (AvgIpc) is 2.45. The van der Waals surface area contributed by atoms with Gasteiger partial charge in [-0.05, 0) is 12.1 Å². The van der Waals surface area contributed by atoms with E-state index in [9.17, 15) is 0 Å². The number of benzene rings is 1. The molecule has 2 rings (SSSR count). The number of ether oxygens (including phenoxy) is 1. The maximum atomic E-state index is 9.08. The normalized spacial score (nSPS) is 11.3. The highest BCUT2D eigenvalue weighted by molar-refractivity contribution is 5.78. The van der Waals surface area contributed by atoms with Crippen LogP contribution in [0.2, 0.25) is 0 Å². The lowest BCUT2D eigenvalue weighted by atomic mass is 10.2. The van der Waals surface area contributed by atoms with Crippen molar-refractivity contribution >= 4 is 10.9 Å². The van der Waals surface area contributed by atoms with E-state index in [1.165, 1.54) is 0 Å². The van der Waals surface area contributed by atoms with E-state index in [1.54, 1.807) is 7.11 Å². The van der Waals surface area contributed by atoms with Gasteiger partial charge in [0.1, 0.15) is 0 Å². The Labute approximate surface area is 113 Å². The molecular weight excluding hydrogens is 240 g/mol. The Bertz CT molecular complexity index is 516. The van der Waals surface area contributed by atoms with Crippen molar-refractivity contribution in [3.8, 4) is 0 Å². The number of rotatable bonds is 7. The summed E-state index contributed by atoms with van der Waals surface area (Å²) in [6, 6.07) is 12.2. The molecule has 1 aromatic heterocycles. The molecule has 1 heterocycles. The van der Waals surface area contributed by atoms with Crippen LogP contribution in [0.1, 0.15) is 5.69 Å². The van der Waals surface area contributed by atoms with Gasteiger partial charge in [0.2, 0.25) is 0 Å². The third-order valence-electron chi connectivity index (χ3n) is 3.07. The van der Waals surface area contributed by atoms with E-state index >= 15 is 0 Å². The number of para-hydroxylation sites is 1. The van der Waals surface area contributed by atoms with Crippen LogP contribution in [0, 0.1) is 0 Å². The van der Waals surface area contributed by atoms with E-state index in [0.29, 0.717) is 13.2 Å². The number of nitrogens with zero attached hydrogens (tertiary/aromatic N) is 2. The van der Waals surface area contributed by atoms with E-state index in [2.05, 4.69) is 22.0 Å². The van der Waals surface area contributed by atoms with E-state index < -0.39 is 0 Å². The maximum absolute atomic E-state index is 9.08. The van der Waals surface area contributed by atoms with Gasteiger partial charge in [-0.2, -0.15) is 0 Å². The summed E-state index contributed by atoms with van der Waals surface area (Å²) < 4.78 is 5.08. The zero-order valence-electron chi connectivity index (χ0n) is 11.2. The molecule has 1 aromatic carbocycles. The van der Waals surface area contributed by atoms with Gasteiger partial charge in [0.15, 0.2) is 0 Å². The van der Waals surface area contributed by atoms with Crippen molar-refractivity contribution in [2.45, 2.75) is 6.54 Å². The van der Waals surface area contributed by atoms with Crippen molar-refractivity contribution in [1.29, 1.82) is 0 Å². The number of aromatic nitrogens is 1. The summed E-state index contributed by atoms with van der Waals surface area (Å²) in [4.78, 5) is 6.78. The third-order valence-corrected chi connectivity index (χ3v) is 3.07. The predicted molar refractivity (Wildman–Crippen MR) is 76.0 cm³/mol. The average molecular weight is 260 g/mol. The van der Waals surface area contributed by atoms with Crippen LogP contribution >= 0.6 is 0 Å². The molecule has 0 aliphatic carbocycles. The number of methoxy groups -OCH3 is 1. The summed E-state index contributed by atoms with van der Waals surface area (Å²) >= 11 is 0.